The predicted molar refractivity (Wildman–Crippen MR) is 118 cm³/mol. The molecule has 5 nitrogen and oxygen atoms in total. The molecule has 0 saturated heterocycles. The van der Waals surface area contributed by atoms with Crippen molar-refractivity contribution in [3.63, 3.8) is 0 Å². The van der Waals surface area contributed by atoms with Crippen LogP contribution in [0.4, 0.5) is 10.1 Å². The predicted octanol–water partition coefficient (Wildman–Crippen LogP) is 4.72. The first-order valence-electron chi connectivity index (χ1n) is 10.1. The lowest BCUT2D eigenvalue weighted by Gasteiger charge is -2.08. The summed E-state index contributed by atoms with van der Waals surface area (Å²) in [5.41, 5.74) is 5.65. The summed E-state index contributed by atoms with van der Waals surface area (Å²) in [4.78, 5) is 24.7. The lowest BCUT2D eigenvalue weighted by Crippen LogP contribution is -2.21. The molecule has 2 amide bonds. The van der Waals surface area contributed by atoms with Gasteiger partial charge in [-0.15, -0.1) is 0 Å². The summed E-state index contributed by atoms with van der Waals surface area (Å²) in [6, 6.07) is 22.8. The molecule has 3 aromatic carbocycles. The summed E-state index contributed by atoms with van der Waals surface area (Å²) in [5, 5.41) is 6.91. The molecular formula is C25H22FN3O2. The molecule has 0 bridgehead atoms. The van der Waals surface area contributed by atoms with Gasteiger partial charge in [0.2, 0.25) is 5.91 Å². The standard InChI is InChI=1S/C25H22FN3O2/c1-16(28-29-25(31)22-15-21(22)17-8-3-2-4-9-17)18-10-7-11-19(14-18)27-24(30)20-12-5-6-13-23(20)26/h2-14,21-22H,15H2,1H3,(H,27,30)(H,29,31)/t21-,22-/m1/s1. The third kappa shape index (κ3) is 4.86. The third-order valence-corrected chi connectivity index (χ3v) is 5.35. The maximum atomic E-state index is 13.8. The number of benzene rings is 3. The molecule has 31 heavy (non-hydrogen) atoms. The number of hydrazone groups is 1. The van der Waals surface area contributed by atoms with Crippen LogP contribution in [0.15, 0.2) is 84.0 Å². The van der Waals surface area contributed by atoms with E-state index < -0.39 is 11.7 Å². The van der Waals surface area contributed by atoms with Crippen molar-refractivity contribution in [2.24, 2.45) is 11.0 Å². The zero-order valence-electron chi connectivity index (χ0n) is 17.0. The minimum absolute atomic E-state index is 0.0250. The van der Waals surface area contributed by atoms with Crippen LogP contribution in [0.1, 0.15) is 40.7 Å². The molecule has 0 aromatic heterocycles. The maximum Gasteiger partial charge on any atom is 0.258 e. The summed E-state index contributed by atoms with van der Waals surface area (Å²) in [5.74, 6) is -1.03. The van der Waals surface area contributed by atoms with Gasteiger partial charge in [0.1, 0.15) is 5.82 Å². The van der Waals surface area contributed by atoms with Crippen LogP contribution in [-0.4, -0.2) is 17.5 Å². The number of carbonyl (C=O) groups is 2. The van der Waals surface area contributed by atoms with Crippen LogP contribution in [0.2, 0.25) is 0 Å². The average Bonchev–Trinajstić information content (AvgIpc) is 3.59. The van der Waals surface area contributed by atoms with Gasteiger partial charge >= 0.3 is 0 Å². The van der Waals surface area contributed by atoms with Gasteiger partial charge in [0, 0.05) is 11.6 Å². The summed E-state index contributed by atoms with van der Waals surface area (Å²) in [6.45, 7) is 1.78. The number of anilines is 1. The average molecular weight is 415 g/mol. The highest BCUT2D eigenvalue weighted by Gasteiger charge is 2.43. The van der Waals surface area contributed by atoms with E-state index in [1.165, 1.54) is 23.8 Å². The Labute approximate surface area is 180 Å². The van der Waals surface area contributed by atoms with Crippen molar-refractivity contribution in [1.29, 1.82) is 0 Å². The second-order valence-electron chi connectivity index (χ2n) is 7.55. The lowest BCUT2D eigenvalue weighted by molar-refractivity contribution is -0.122. The molecule has 3 aromatic rings. The van der Waals surface area contributed by atoms with Crippen molar-refractivity contribution < 1.29 is 14.0 Å². The Morgan fingerprint density at radius 2 is 1.71 bits per heavy atom. The highest BCUT2D eigenvalue weighted by atomic mass is 19.1. The molecule has 0 unspecified atom stereocenters. The number of rotatable bonds is 6. The zero-order valence-corrected chi connectivity index (χ0v) is 17.0. The van der Waals surface area contributed by atoms with Crippen LogP contribution in [0.3, 0.4) is 0 Å². The van der Waals surface area contributed by atoms with Gasteiger partial charge in [-0.25, -0.2) is 9.82 Å². The number of nitrogens with one attached hydrogen (secondary N) is 2. The van der Waals surface area contributed by atoms with Crippen molar-refractivity contribution >= 4 is 23.2 Å². The van der Waals surface area contributed by atoms with Crippen LogP contribution < -0.4 is 10.7 Å². The van der Waals surface area contributed by atoms with Crippen molar-refractivity contribution in [3.8, 4) is 0 Å². The molecule has 0 radical (unpaired) electrons. The molecule has 0 heterocycles. The van der Waals surface area contributed by atoms with E-state index in [4.69, 9.17) is 0 Å². The van der Waals surface area contributed by atoms with Gasteiger partial charge in [-0.1, -0.05) is 54.6 Å². The number of carbonyl (C=O) groups excluding carboxylic acids is 2. The minimum atomic E-state index is -0.578. The Bertz CT molecular complexity index is 1140. The topological polar surface area (TPSA) is 70.6 Å². The molecule has 0 aliphatic heterocycles. The number of hydrogen-bond donors (Lipinski definition) is 2. The molecular weight excluding hydrogens is 393 g/mol. The van der Waals surface area contributed by atoms with Gasteiger partial charge in [-0.3, -0.25) is 9.59 Å². The highest BCUT2D eigenvalue weighted by molar-refractivity contribution is 6.06. The van der Waals surface area contributed by atoms with Crippen LogP contribution >= 0.6 is 0 Å². The number of amides is 2. The first-order valence-corrected chi connectivity index (χ1v) is 10.1. The first-order chi connectivity index (χ1) is 15.0. The van der Waals surface area contributed by atoms with Crippen LogP contribution in [-0.2, 0) is 4.79 Å². The van der Waals surface area contributed by atoms with E-state index in [1.807, 2.05) is 36.4 Å². The molecule has 1 saturated carbocycles. The van der Waals surface area contributed by atoms with Gasteiger partial charge in [-0.05, 0) is 54.7 Å². The normalized spacial score (nSPS) is 17.7. The van der Waals surface area contributed by atoms with Gasteiger partial charge in [0.05, 0.1) is 11.3 Å². The SMILES string of the molecule is CC(=NNC(=O)[C@@H]1C[C@@H]1c1ccccc1)c1cccc(NC(=O)c2ccccc2F)c1. The third-order valence-electron chi connectivity index (χ3n) is 5.35. The van der Waals surface area contributed by atoms with E-state index in [0.29, 0.717) is 11.4 Å². The quantitative estimate of drug-likeness (QED) is 0.452. The smallest absolute Gasteiger partial charge is 0.258 e. The molecule has 4 rings (SSSR count). The number of hydrogen-bond acceptors (Lipinski definition) is 3. The zero-order chi connectivity index (χ0) is 21.8. The number of nitrogens with zero attached hydrogens (tertiary/aromatic N) is 1. The van der Waals surface area contributed by atoms with Crippen molar-refractivity contribution in [2.75, 3.05) is 5.32 Å². The van der Waals surface area contributed by atoms with Gasteiger partial charge in [0.15, 0.2) is 0 Å². The van der Waals surface area contributed by atoms with Crippen LogP contribution in [0.5, 0.6) is 0 Å². The van der Waals surface area contributed by atoms with Gasteiger partial charge in [-0.2, -0.15) is 5.10 Å². The summed E-state index contributed by atoms with van der Waals surface area (Å²) in [6.07, 6.45) is 0.821. The van der Waals surface area contributed by atoms with Crippen molar-refractivity contribution in [1.82, 2.24) is 5.43 Å². The van der Waals surface area contributed by atoms with Crippen molar-refractivity contribution in [3.05, 3.63) is 101 Å². The Hall–Kier alpha value is -3.80. The minimum Gasteiger partial charge on any atom is -0.322 e. The maximum absolute atomic E-state index is 13.8. The van der Waals surface area contributed by atoms with Gasteiger partial charge in [0.25, 0.3) is 5.91 Å². The second-order valence-corrected chi connectivity index (χ2v) is 7.55. The molecule has 2 N–H and O–H groups in total. The summed E-state index contributed by atoms with van der Waals surface area (Å²) < 4.78 is 13.8. The molecule has 156 valence electrons. The van der Waals surface area contributed by atoms with E-state index in [0.717, 1.165) is 12.0 Å². The monoisotopic (exact) mass is 415 g/mol. The van der Waals surface area contributed by atoms with E-state index >= 15 is 0 Å². The van der Waals surface area contributed by atoms with E-state index in [1.54, 1.807) is 31.2 Å². The fourth-order valence-electron chi connectivity index (χ4n) is 3.51. The molecule has 1 fully saturated rings. The Kier molecular flexibility index (Phi) is 5.89. The first kappa shape index (κ1) is 20.5. The van der Waals surface area contributed by atoms with E-state index in [9.17, 15) is 14.0 Å². The Morgan fingerprint density at radius 3 is 2.48 bits per heavy atom. The summed E-state index contributed by atoms with van der Waals surface area (Å²) >= 11 is 0. The highest BCUT2D eigenvalue weighted by Crippen LogP contribution is 2.47. The lowest BCUT2D eigenvalue weighted by atomic mass is 10.1. The fourth-order valence-corrected chi connectivity index (χ4v) is 3.51. The second kappa shape index (κ2) is 8.92. The fraction of sp³-hybridized carbons (Fsp3) is 0.160. The van der Waals surface area contributed by atoms with Crippen LogP contribution in [0.25, 0.3) is 0 Å². The molecule has 1 aliphatic rings. The van der Waals surface area contributed by atoms with E-state index in [-0.39, 0.29) is 23.3 Å². The Morgan fingerprint density at radius 1 is 0.968 bits per heavy atom. The van der Waals surface area contributed by atoms with E-state index in [2.05, 4.69) is 15.8 Å². The number of halogens is 1. The largest absolute Gasteiger partial charge is 0.322 e. The summed E-state index contributed by atoms with van der Waals surface area (Å²) in [7, 11) is 0. The van der Waals surface area contributed by atoms with Crippen LogP contribution in [0, 0.1) is 11.7 Å². The molecule has 1 aliphatic carbocycles. The van der Waals surface area contributed by atoms with Gasteiger partial charge < -0.3 is 5.32 Å². The van der Waals surface area contributed by atoms with Crippen molar-refractivity contribution in [2.45, 2.75) is 19.3 Å². The Balaban J connectivity index is 1.38. The molecule has 6 heteroatoms. The molecule has 0 spiro atoms. The molecule has 2 atom stereocenters.